The van der Waals surface area contributed by atoms with Gasteiger partial charge in [-0.15, -0.1) is 0 Å². The smallest absolute Gasteiger partial charge is 0.248 e. The fourth-order valence-corrected chi connectivity index (χ4v) is 1.08. The molecule has 1 rings (SSSR count). The number of hydrogen-bond donors (Lipinski definition) is 2. The number of nitrogens with two attached hydrogens (primary N) is 1. The average Bonchev–Trinajstić information content (AvgIpc) is 2.31. The van der Waals surface area contributed by atoms with Gasteiger partial charge in [-0.2, -0.15) is 0 Å². The second kappa shape index (κ2) is 3.20. The highest BCUT2D eigenvalue weighted by molar-refractivity contribution is 5.97. The molecule has 4 nitrogen and oxygen atoms in total. The largest absolute Gasteiger partial charge is 0.366 e. The Hall–Kier alpha value is -1.32. The third-order valence-electron chi connectivity index (χ3n) is 1.59. The van der Waals surface area contributed by atoms with Crippen LogP contribution in [0.3, 0.4) is 0 Å². The summed E-state index contributed by atoms with van der Waals surface area (Å²) in [6.07, 6.45) is 2.22. The van der Waals surface area contributed by atoms with E-state index in [2.05, 4.69) is 10.3 Å². The predicted octanol–water partition coefficient (Wildman–Crippen LogP) is 0.546. The van der Waals surface area contributed by atoms with Crippen LogP contribution in [0.5, 0.6) is 0 Å². The molecule has 0 aromatic heterocycles. The summed E-state index contributed by atoms with van der Waals surface area (Å²) < 4.78 is 0. The number of primary amides is 1. The van der Waals surface area contributed by atoms with E-state index < -0.39 is 5.91 Å². The summed E-state index contributed by atoms with van der Waals surface area (Å²) in [5.41, 5.74) is 5.66. The van der Waals surface area contributed by atoms with Crippen LogP contribution in [0.15, 0.2) is 16.4 Å². The Morgan fingerprint density at radius 3 is 2.69 bits per heavy atom. The van der Waals surface area contributed by atoms with E-state index in [-0.39, 0.29) is 5.54 Å². The second-order valence-electron chi connectivity index (χ2n) is 4.08. The third kappa shape index (κ3) is 2.57. The molecule has 0 saturated heterocycles. The molecule has 1 aliphatic rings. The van der Waals surface area contributed by atoms with E-state index in [4.69, 9.17) is 5.73 Å². The lowest BCUT2D eigenvalue weighted by Gasteiger charge is -2.22. The van der Waals surface area contributed by atoms with Gasteiger partial charge in [-0.25, -0.2) is 4.99 Å². The maximum Gasteiger partial charge on any atom is 0.248 e. The quantitative estimate of drug-likeness (QED) is 0.653. The highest BCUT2D eigenvalue weighted by Gasteiger charge is 2.19. The molecule has 1 heterocycles. The number of rotatable bonds is 2. The van der Waals surface area contributed by atoms with Crippen molar-refractivity contribution in [1.29, 1.82) is 0 Å². The SMILES string of the molecule is CC(C)(C)NC1=C(C(N)=O)CC=N1. The van der Waals surface area contributed by atoms with Gasteiger partial charge in [0.25, 0.3) is 0 Å². The number of nitrogens with zero attached hydrogens (tertiary/aromatic N) is 1. The molecule has 0 aromatic carbocycles. The van der Waals surface area contributed by atoms with Crippen molar-refractivity contribution in [3.05, 3.63) is 11.4 Å². The van der Waals surface area contributed by atoms with Crippen LogP contribution in [0.25, 0.3) is 0 Å². The first-order chi connectivity index (χ1) is 5.90. The number of aliphatic imine (C=N–C) groups is 1. The van der Waals surface area contributed by atoms with E-state index in [9.17, 15) is 4.79 Å². The van der Waals surface area contributed by atoms with Crippen LogP contribution in [0.1, 0.15) is 27.2 Å². The van der Waals surface area contributed by atoms with Gasteiger partial charge >= 0.3 is 0 Å². The van der Waals surface area contributed by atoms with Crippen LogP contribution in [0.2, 0.25) is 0 Å². The Morgan fingerprint density at radius 2 is 2.23 bits per heavy atom. The summed E-state index contributed by atoms with van der Waals surface area (Å²) in [6, 6.07) is 0. The minimum absolute atomic E-state index is 0.0995. The van der Waals surface area contributed by atoms with E-state index in [1.54, 1.807) is 6.21 Å². The Labute approximate surface area is 77.9 Å². The zero-order valence-corrected chi connectivity index (χ0v) is 8.22. The number of amides is 1. The zero-order chi connectivity index (χ0) is 10.1. The van der Waals surface area contributed by atoms with Gasteiger partial charge in [0.15, 0.2) is 0 Å². The van der Waals surface area contributed by atoms with Crippen molar-refractivity contribution in [2.75, 3.05) is 0 Å². The summed E-state index contributed by atoms with van der Waals surface area (Å²) in [5, 5.41) is 3.13. The minimum Gasteiger partial charge on any atom is -0.366 e. The first kappa shape index (κ1) is 9.77. The molecule has 3 N–H and O–H groups in total. The Balaban J connectivity index is 2.82. The Kier molecular flexibility index (Phi) is 2.40. The monoisotopic (exact) mass is 181 g/mol. The second-order valence-corrected chi connectivity index (χ2v) is 4.08. The maximum absolute atomic E-state index is 10.9. The normalized spacial score (nSPS) is 16.5. The standard InChI is InChI=1S/C9H15N3O/c1-9(2,3)12-8-6(7(10)13)4-5-11-8/h5,12H,4H2,1-3H3,(H2,10,13). The fourth-order valence-electron chi connectivity index (χ4n) is 1.08. The van der Waals surface area contributed by atoms with Crippen molar-refractivity contribution in [3.8, 4) is 0 Å². The van der Waals surface area contributed by atoms with Crippen LogP contribution in [-0.4, -0.2) is 17.7 Å². The van der Waals surface area contributed by atoms with Crippen LogP contribution in [0, 0.1) is 0 Å². The van der Waals surface area contributed by atoms with Crippen LogP contribution in [0.4, 0.5) is 0 Å². The molecule has 0 aromatic rings. The molecule has 72 valence electrons. The van der Waals surface area contributed by atoms with Gasteiger partial charge in [-0.3, -0.25) is 4.79 Å². The Morgan fingerprint density at radius 1 is 1.62 bits per heavy atom. The van der Waals surface area contributed by atoms with Crippen molar-refractivity contribution in [2.24, 2.45) is 10.7 Å². The van der Waals surface area contributed by atoms with Crippen molar-refractivity contribution in [3.63, 3.8) is 0 Å². The van der Waals surface area contributed by atoms with E-state index in [0.29, 0.717) is 17.8 Å². The summed E-state index contributed by atoms with van der Waals surface area (Å²) in [6.45, 7) is 6.02. The molecule has 13 heavy (non-hydrogen) atoms. The van der Waals surface area contributed by atoms with Gasteiger partial charge in [-0.1, -0.05) is 0 Å². The molecule has 0 unspecified atom stereocenters. The van der Waals surface area contributed by atoms with Crippen molar-refractivity contribution >= 4 is 12.1 Å². The zero-order valence-electron chi connectivity index (χ0n) is 8.22. The average molecular weight is 181 g/mol. The summed E-state index contributed by atoms with van der Waals surface area (Å²) in [4.78, 5) is 15.0. The number of carbonyl (C=O) groups is 1. The highest BCUT2D eigenvalue weighted by atomic mass is 16.1. The molecule has 1 amide bonds. The highest BCUT2D eigenvalue weighted by Crippen LogP contribution is 2.15. The van der Waals surface area contributed by atoms with Crippen LogP contribution in [-0.2, 0) is 4.79 Å². The van der Waals surface area contributed by atoms with Crippen molar-refractivity contribution < 1.29 is 4.79 Å². The molecule has 0 aliphatic carbocycles. The molecular weight excluding hydrogens is 166 g/mol. The first-order valence-electron chi connectivity index (χ1n) is 4.24. The van der Waals surface area contributed by atoms with Gasteiger partial charge in [0.2, 0.25) is 5.91 Å². The van der Waals surface area contributed by atoms with E-state index >= 15 is 0 Å². The van der Waals surface area contributed by atoms with Gasteiger partial charge in [-0.05, 0) is 20.8 Å². The maximum atomic E-state index is 10.9. The van der Waals surface area contributed by atoms with Crippen molar-refractivity contribution in [2.45, 2.75) is 32.7 Å². The molecule has 4 heteroatoms. The summed E-state index contributed by atoms with van der Waals surface area (Å²) in [5.74, 6) is 0.212. The molecule has 0 fully saturated rings. The van der Waals surface area contributed by atoms with E-state index in [1.165, 1.54) is 0 Å². The molecule has 0 saturated carbocycles. The lowest BCUT2D eigenvalue weighted by Crippen LogP contribution is -2.35. The molecule has 0 atom stereocenters. The van der Waals surface area contributed by atoms with Gasteiger partial charge in [0, 0.05) is 18.2 Å². The minimum atomic E-state index is -0.399. The van der Waals surface area contributed by atoms with Crippen molar-refractivity contribution in [1.82, 2.24) is 5.32 Å². The number of nitrogens with one attached hydrogen (secondary N) is 1. The summed E-state index contributed by atoms with van der Waals surface area (Å²) >= 11 is 0. The molecular formula is C9H15N3O. The number of hydrogen-bond acceptors (Lipinski definition) is 3. The Bertz CT molecular complexity index is 284. The number of carbonyl (C=O) groups excluding carboxylic acids is 1. The lowest BCUT2D eigenvalue weighted by molar-refractivity contribution is -0.114. The molecule has 0 radical (unpaired) electrons. The van der Waals surface area contributed by atoms with Crippen LogP contribution >= 0.6 is 0 Å². The topological polar surface area (TPSA) is 67.5 Å². The molecule has 0 spiro atoms. The van der Waals surface area contributed by atoms with Gasteiger partial charge < -0.3 is 11.1 Å². The molecule has 0 bridgehead atoms. The predicted molar refractivity (Wildman–Crippen MR) is 52.2 cm³/mol. The fraction of sp³-hybridized carbons (Fsp3) is 0.556. The van der Waals surface area contributed by atoms with E-state index in [0.717, 1.165) is 0 Å². The van der Waals surface area contributed by atoms with Gasteiger partial charge in [0.05, 0.1) is 5.57 Å². The summed E-state index contributed by atoms with van der Waals surface area (Å²) in [7, 11) is 0. The third-order valence-corrected chi connectivity index (χ3v) is 1.59. The van der Waals surface area contributed by atoms with Gasteiger partial charge in [0.1, 0.15) is 5.82 Å². The lowest BCUT2D eigenvalue weighted by atomic mass is 10.1. The first-order valence-corrected chi connectivity index (χ1v) is 4.24. The van der Waals surface area contributed by atoms with E-state index in [1.807, 2.05) is 20.8 Å². The molecule has 1 aliphatic heterocycles. The van der Waals surface area contributed by atoms with Crippen LogP contribution < -0.4 is 11.1 Å².